The van der Waals surface area contributed by atoms with Gasteiger partial charge >= 0.3 is 12.0 Å². The summed E-state index contributed by atoms with van der Waals surface area (Å²) in [5.41, 5.74) is 1.48. The monoisotopic (exact) mass is 342 g/mol. The van der Waals surface area contributed by atoms with E-state index in [0.717, 1.165) is 14.9 Å². The highest BCUT2D eigenvalue weighted by Gasteiger charge is 2.39. The number of urea groups is 1. The molecule has 108 valence electrons. The molecule has 1 heterocycles. The SMILES string of the molecule is Cc1cc(Br)ccc1NC(=O)N1CC(O)CC1C(=O)O. The summed E-state index contributed by atoms with van der Waals surface area (Å²) in [6, 6.07) is 3.87. The van der Waals surface area contributed by atoms with Crippen molar-refractivity contribution in [2.45, 2.75) is 25.5 Å². The number of nitrogens with one attached hydrogen (secondary N) is 1. The molecule has 6 nitrogen and oxygen atoms in total. The maximum atomic E-state index is 12.1. The van der Waals surface area contributed by atoms with Gasteiger partial charge in [0.1, 0.15) is 6.04 Å². The van der Waals surface area contributed by atoms with Gasteiger partial charge in [0.15, 0.2) is 0 Å². The number of hydrogen-bond acceptors (Lipinski definition) is 3. The van der Waals surface area contributed by atoms with Gasteiger partial charge in [0.05, 0.1) is 6.10 Å². The molecule has 0 aromatic heterocycles. The fourth-order valence-electron chi connectivity index (χ4n) is 2.23. The van der Waals surface area contributed by atoms with Gasteiger partial charge in [-0.25, -0.2) is 9.59 Å². The molecule has 1 aliphatic heterocycles. The van der Waals surface area contributed by atoms with Crippen molar-refractivity contribution in [2.75, 3.05) is 11.9 Å². The summed E-state index contributed by atoms with van der Waals surface area (Å²) >= 11 is 3.33. The zero-order valence-corrected chi connectivity index (χ0v) is 12.4. The molecule has 1 saturated heterocycles. The van der Waals surface area contributed by atoms with Gasteiger partial charge in [0, 0.05) is 23.1 Å². The van der Waals surface area contributed by atoms with Gasteiger partial charge in [-0.05, 0) is 30.7 Å². The van der Waals surface area contributed by atoms with E-state index in [2.05, 4.69) is 21.2 Å². The van der Waals surface area contributed by atoms with Crippen molar-refractivity contribution in [3.8, 4) is 0 Å². The van der Waals surface area contributed by atoms with Crippen LogP contribution in [0.1, 0.15) is 12.0 Å². The normalized spacial score (nSPS) is 21.9. The van der Waals surface area contributed by atoms with Crippen LogP contribution in [0.2, 0.25) is 0 Å². The lowest BCUT2D eigenvalue weighted by molar-refractivity contribution is -0.141. The summed E-state index contributed by atoms with van der Waals surface area (Å²) in [5.74, 6) is -1.11. The van der Waals surface area contributed by atoms with E-state index in [1.807, 2.05) is 13.0 Å². The molecule has 0 spiro atoms. The van der Waals surface area contributed by atoms with Crippen molar-refractivity contribution < 1.29 is 19.8 Å². The first-order chi connectivity index (χ1) is 9.38. The summed E-state index contributed by atoms with van der Waals surface area (Å²) in [6.45, 7) is 1.87. The van der Waals surface area contributed by atoms with Crippen LogP contribution < -0.4 is 5.32 Å². The summed E-state index contributed by atoms with van der Waals surface area (Å²) in [5, 5.41) is 21.3. The summed E-state index contributed by atoms with van der Waals surface area (Å²) < 4.78 is 0.896. The van der Waals surface area contributed by atoms with Crippen LogP contribution in [0.25, 0.3) is 0 Å². The molecule has 0 bridgehead atoms. The molecule has 1 aromatic rings. The molecule has 0 saturated carbocycles. The van der Waals surface area contributed by atoms with Crippen molar-refractivity contribution in [3.63, 3.8) is 0 Å². The molecule has 2 atom stereocenters. The predicted molar refractivity (Wildman–Crippen MR) is 76.7 cm³/mol. The smallest absolute Gasteiger partial charge is 0.326 e. The number of aryl methyl sites for hydroxylation is 1. The van der Waals surface area contributed by atoms with Gasteiger partial charge in [-0.1, -0.05) is 15.9 Å². The lowest BCUT2D eigenvalue weighted by Gasteiger charge is -2.22. The van der Waals surface area contributed by atoms with Gasteiger partial charge in [-0.2, -0.15) is 0 Å². The molecule has 2 rings (SSSR count). The van der Waals surface area contributed by atoms with Crippen molar-refractivity contribution >= 4 is 33.6 Å². The van der Waals surface area contributed by atoms with Gasteiger partial charge < -0.3 is 20.4 Å². The van der Waals surface area contributed by atoms with Crippen molar-refractivity contribution in [3.05, 3.63) is 28.2 Å². The lowest BCUT2D eigenvalue weighted by Crippen LogP contribution is -2.43. The first-order valence-electron chi connectivity index (χ1n) is 6.13. The summed E-state index contributed by atoms with van der Waals surface area (Å²) in [6.07, 6.45) is -0.741. The Balaban J connectivity index is 2.13. The minimum atomic E-state index is -1.11. The number of hydrogen-bond donors (Lipinski definition) is 3. The highest BCUT2D eigenvalue weighted by Crippen LogP contribution is 2.23. The fourth-order valence-corrected chi connectivity index (χ4v) is 2.70. The molecular weight excluding hydrogens is 328 g/mol. The number of aliphatic hydroxyl groups is 1. The Morgan fingerprint density at radius 3 is 2.75 bits per heavy atom. The van der Waals surface area contributed by atoms with E-state index in [9.17, 15) is 14.7 Å². The number of anilines is 1. The number of carbonyl (C=O) groups is 2. The fraction of sp³-hybridized carbons (Fsp3) is 0.385. The van der Waals surface area contributed by atoms with E-state index in [1.165, 1.54) is 0 Å². The number of aliphatic hydroxyl groups excluding tert-OH is 1. The number of aliphatic carboxylic acids is 1. The van der Waals surface area contributed by atoms with Crippen LogP contribution in [0.15, 0.2) is 22.7 Å². The molecule has 1 aliphatic rings. The standard InChI is InChI=1S/C13H15BrN2O4/c1-7-4-8(14)2-3-10(7)15-13(20)16-6-9(17)5-11(16)12(18)19/h2-4,9,11,17H,5-6H2,1H3,(H,15,20)(H,18,19). The van der Waals surface area contributed by atoms with E-state index in [0.29, 0.717) is 5.69 Å². The van der Waals surface area contributed by atoms with Crippen LogP contribution >= 0.6 is 15.9 Å². The summed E-state index contributed by atoms with van der Waals surface area (Å²) in [7, 11) is 0. The van der Waals surface area contributed by atoms with Crippen LogP contribution in [-0.4, -0.2) is 45.8 Å². The zero-order valence-electron chi connectivity index (χ0n) is 10.8. The number of halogens is 1. The Kier molecular flexibility index (Phi) is 4.29. The number of carboxylic acid groups (broad SMARTS) is 1. The number of amides is 2. The van der Waals surface area contributed by atoms with E-state index in [-0.39, 0.29) is 13.0 Å². The third-order valence-electron chi connectivity index (χ3n) is 3.25. The topological polar surface area (TPSA) is 89.9 Å². The van der Waals surface area contributed by atoms with Crippen LogP contribution in [-0.2, 0) is 4.79 Å². The molecule has 7 heteroatoms. The molecule has 3 N–H and O–H groups in total. The molecule has 1 aromatic carbocycles. The average Bonchev–Trinajstić information content (AvgIpc) is 2.75. The third-order valence-corrected chi connectivity index (χ3v) is 3.75. The van der Waals surface area contributed by atoms with E-state index >= 15 is 0 Å². The van der Waals surface area contributed by atoms with E-state index in [4.69, 9.17) is 5.11 Å². The van der Waals surface area contributed by atoms with Gasteiger partial charge in [0.2, 0.25) is 0 Å². The first-order valence-corrected chi connectivity index (χ1v) is 6.92. The Bertz CT molecular complexity index is 549. The molecule has 20 heavy (non-hydrogen) atoms. The number of benzene rings is 1. The van der Waals surface area contributed by atoms with Crippen LogP contribution in [0.3, 0.4) is 0 Å². The number of rotatable bonds is 2. The first kappa shape index (κ1) is 14.8. The largest absolute Gasteiger partial charge is 0.480 e. The second-order valence-electron chi connectivity index (χ2n) is 4.79. The molecule has 0 radical (unpaired) electrons. The quantitative estimate of drug-likeness (QED) is 0.764. The highest BCUT2D eigenvalue weighted by molar-refractivity contribution is 9.10. The molecular formula is C13H15BrN2O4. The minimum absolute atomic E-state index is 0.0262. The third kappa shape index (κ3) is 3.10. The van der Waals surface area contributed by atoms with Gasteiger partial charge in [-0.3, -0.25) is 0 Å². The number of likely N-dealkylation sites (tertiary alicyclic amines) is 1. The maximum absolute atomic E-state index is 12.1. The number of nitrogens with zero attached hydrogens (tertiary/aromatic N) is 1. The Hall–Kier alpha value is -1.60. The minimum Gasteiger partial charge on any atom is -0.480 e. The van der Waals surface area contributed by atoms with Crippen molar-refractivity contribution in [1.29, 1.82) is 0 Å². The zero-order chi connectivity index (χ0) is 14.9. The molecule has 0 aliphatic carbocycles. The molecule has 1 fully saturated rings. The van der Waals surface area contributed by atoms with Crippen LogP contribution in [0.4, 0.5) is 10.5 Å². The van der Waals surface area contributed by atoms with Gasteiger partial charge in [-0.15, -0.1) is 0 Å². The Labute approximate surface area is 124 Å². The maximum Gasteiger partial charge on any atom is 0.326 e. The molecule has 2 unspecified atom stereocenters. The lowest BCUT2D eigenvalue weighted by atomic mass is 10.2. The van der Waals surface area contributed by atoms with Crippen LogP contribution in [0.5, 0.6) is 0 Å². The van der Waals surface area contributed by atoms with Crippen molar-refractivity contribution in [1.82, 2.24) is 4.90 Å². The van der Waals surface area contributed by atoms with E-state index in [1.54, 1.807) is 12.1 Å². The Morgan fingerprint density at radius 1 is 1.45 bits per heavy atom. The van der Waals surface area contributed by atoms with Crippen LogP contribution in [0, 0.1) is 6.92 Å². The summed E-state index contributed by atoms with van der Waals surface area (Å²) in [4.78, 5) is 24.4. The second kappa shape index (κ2) is 5.80. The number of β-amino-alcohol motifs (C(OH)–C–C–N with tert-alkyl or cyclic N) is 1. The number of carbonyl (C=O) groups excluding carboxylic acids is 1. The van der Waals surface area contributed by atoms with Gasteiger partial charge in [0.25, 0.3) is 0 Å². The number of carboxylic acids is 1. The predicted octanol–water partition coefficient (Wildman–Crippen LogP) is 1.81. The average molecular weight is 343 g/mol. The Morgan fingerprint density at radius 2 is 2.15 bits per heavy atom. The highest BCUT2D eigenvalue weighted by atomic mass is 79.9. The second-order valence-corrected chi connectivity index (χ2v) is 5.70. The van der Waals surface area contributed by atoms with Crippen molar-refractivity contribution in [2.24, 2.45) is 0 Å². The molecule has 2 amide bonds. The van der Waals surface area contributed by atoms with E-state index < -0.39 is 24.1 Å².